The molecule has 2 aliphatic carbocycles. The standard InChI is InChI=1S/C12H16N2OS/c1-14(9-3-2-4-9)12-13-11(8-5-6-8)10(7-15)16-12/h7-9H,2-6H2,1H3. The van der Waals surface area contributed by atoms with Crippen LogP contribution in [0.25, 0.3) is 0 Å². The van der Waals surface area contributed by atoms with Gasteiger partial charge < -0.3 is 4.90 Å². The molecule has 0 unspecified atom stereocenters. The molecule has 0 atom stereocenters. The highest BCUT2D eigenvalue weighted by molar-refractivity contribution is 7.17. The third kappa shape index (κ3) is 1.65. The van der Waals surface area contributed by atoms with E-state index in [1.807, 2.05) is 0 Å². The first-order valence-electron chi connectivity index (χ1n) is 5.98. The molecule has 0 saturated heterocycles. The van der Waals surface area contributed by atoms with Gasteiger partial charge in [-0.1, -0.05) is 11.3 Å². The van der Waals surface area contributed by atoms with Gasteiger partial charge in [-0.15, -0.1) is 0 Å². The Labute approximate surface area is 99.5 Å². The number of aldehydes is 1. The smallest absolute Gasteiger partial charge is 0.186 e. The average Bonchev–Trinajstić information content (AvgIpc) is 2.95. The summed E-state index contributed by atoms with van der Waals surface area (Å²) in [5.74, 6) is 0.569. The van der Waals surface area contributed by atoms with Crippen LogP contribution in [0, 0.1) is 0 Å². The lowest BCUT2D eigenvalue weighted by molar-refractivity contribution is 0.112. The second-order valence-electron chi connectivity index (χ2n) is 4.83. The van der Waals surface area contributed by atoms with E-state index >= 15 is 0 Å². The van der Waals surface area contributed by atoms with Gasteiger partial charge in [0.2, 0.25) is 0 Å². The van der Waals surface area contributed by atoms with E-state index < -0.39 is 0 Å². The molecule has 0 aromatic carbocycles. The summed E-state index contributed by atoms with van der Waals surface area (Å²) < 4.78 is 0. The van der Waals surface area contributed by atoms with Crippen molar-refractivity contribution in [3.05, 3.63) is 10.6 Å². The Hall–Kier alpha value is -0.900. The molecule has 0 N–H and O–H groups in total. The van der Waals surface area contributed by atoms with Crippen molar-refractivity contribution in [2.45, 2.75) is 44.1 Å². The number of carbonyl (C=O) groups is 1. The zero-order valence-electron chi connectivity index (χ0n) is 9.48. The van der Waals surface area contributed by atoms with Crippen LogP contribution in [0.1, 0.15) is 53.4 Å². The molecule has 2 saturated carbocycles. The predicted molar refractivity (Wildman–Crippen MR) is 65.5 cm³/mol. The minimum atomic E-state index is 0.569. The molecule has 1 aromatic heterocycles. The Balaban J connectivity index is 1.85. The molecule has 1 aromatic rings. The van der Waals surface area contributed by atoms with Crippen LogP contribution in [0.15, 0.2) is 0 Å². The second-order valence-corrected chi connectivity index (χ2v) is 5.84. The Morgan fingerprint density at radius 2 is 2.12 bits per heavy atom. The van der Waals surface area contributed by atoms with Gasteiger partial charge in [-0.3, -0.25) is 4.79 Å². The number of nitrogens with zero attached hydrogens (tertiary/aromatic N) is 2. The second kappa shape index (κ2) is 3.84. The number of aromatic nitrogens is 1. The quantitative estimate of drug-likeness (QED) is 0.754. The van der Waals surface area contributed by atoms with Crippen LogP contribution in [0.2, 0.25) is 0 Å². The van der Waals surface area contributed by atoms with Gasteiger partial charge in [0, 0.05) is 19.0 Å². The first kappa shape index (κ1) is 10.3. The molecule has 16 heavy (non-hydrogen) atoms. The van der Waals surface area contributed by atoms with Crippen LogP contribution in [0.4, 0.5) is 5.13 Å². The number of hydrogen-bond acceptors (Lipinski definition) is 4. The summed E-state index contributed by atoms with van der Waals surface area (Å²) in [5.41, 5.74) is 1.06. The van der Waals surface area contributed by atoms with Gasteiger partial charge in [0.15, 0.2) is 11.4 Å². The molecule has 0 aliphatic heterocycles. The van der Waals surface area contributed by atoms with Crippen LogP contribution in [0.3, 0.4) is 0 Å². The van der Waals surface area contributed by atoms with Crippen LogP contribution < -0.4 is 4.90 Å². The van der Waals surface area contributed by atoms with Gasteiger partial charge in [-0.25, -0.2) is 4.98 Å². The molecule has 4 heteroatoms. The summed E-state index contributed by atoms with van der Waals surface area (Å²) in [6.45, 7) is 0. The summed E-state index contributed by atoms with van der Waals surface area (Å²) in [7, 11) is 2.11. The van der Waals surface area contributed by atoms with Crippen molar-refractivity contribution >= 4 is 22.8 Å². The minimum Gasteiger partial charge on any atom is -0.348 e. The van der Waals surface area contributed by atoms with Gasteiger partial charge >= 0.3 is 0 Å². The Bertz CT molecular complexity index is 407. The lowest BCUT2D eigenvalue weighted by Crippen LogP contribution is -2.37. The molecule has 0 amide bonds. The number of anilines is 1. The Morgan fingerprint density at radius 3 is 2.62 bits per heavy atom. The van der Waals surface area contributed by atoms with Crippen molar-refractivity contribution in [1.29, 1.82) is 0 Å². The largest absolute Gasteiger partial charge is 0.348 e. The van der Waals surface area contributed by atoms with E-state index in [-0.39, 0.29) is 0 Å². The van der Waals surface area contributed by atoms with Crippen LogP contribution in [0.5, 0.6) is 0 Å². The van der Waals surface area contributed by atoms with Crippen molar-refractivity contribution in [2.24, 2.45) is 0 Å². The molecular formula is C12H16N2OS. The highest BCUT2D eigenvalue weighted by Gasteiger charge is 2.31. The molecule has 3 nitrogen and oxygen atoms in total. The fourth-order valence-corrected chi connectivity index (χ4v) is 3.15. The fourth-order valence-electron chi connectivity index (χ4n) is 2.15. The summed E-state index contributed by atoms with van der Waals surface area (Å²) >= 11 is 1.56. The maximum atomic E-state index is 11.0. The van der Waals surface area contributed by atoms with Gasteiger partial charge in [-0.05, 0) is 32.1 Å². The molecule has 0 spiro atoms. The van der Waals surface area contributed by atoms with Crippen molar-refractivity contribution in [3.63, 3.8) is 0 Å². The number of carbonyl (C=O) groups excluding carboxylic acids is 1. The normalized spacial score (nSPS) is 20.6. The maximum Gasteiger partial charge on any atom is 0.186 e. The highest BCUT2D eigenvalue weighted by atomic mass is 32.1. The lowest BCUT2D eigenvalue weighted by atomic mass is 9.92. The Morgan fingerprint density at radius 1 is 1.38 bits per heavy atom. The third-order valence-electron chi connectivity index (χ3n) is 3.67. The average molecular weight is 236 g/mol. The van der Waals surface area contributed by atoms with Crippen LogP contribution in [-0.4, -0.2) is 24.4 Å². The summed E-state index contributed by atoms with van der Waals surface area (Å²) in [6.07, 6.45) is 7.25. The van der Waals surface area contributed by atoms with E-state index in [1.54, 1.807) is 11.3 Å². The number of thiazole rings is 1. The van der Waals surface area contributed by atoms with Gasteiger partial charge in [-0.2, -0.15) is 0 Å². The molecule has 2 fully saturated rings. The molecule has 86 valence electrons. The SMILES string of the molecule is CN(c1nc(C2CC2)c(C=O)s1)C1CCC1. The third-order valence-corrected chi connectivity index (χ3v) is 4.75. The van der Waals surface area contributed by atoms with Crippen LogP contribution in [-0.2, 0) is 0 Å². The zero-order chi connectivity index (χ0) is 11.1. The van der Waals surface area contributed by atoms with E-state index in [4.69, 9.17) is 0 Å². The maximum absolute atomic E-state index is 11.0. The van der Waals surface area contributed by atoms with Crippen molar-refractivity contribution in [1.82, 2.24) is 4.98 Å². The fraction of sp³-hybridized carbons (Fsp3) is 0.667. The van der Waals surface area contributed by atoms with E-state index in [1.165, 1.54) is 32.1 Å². The molecule has 3 rings (SSSR count). The zero-order valence-corrected chi connectivity index (χ0v) is 10.3. The predicted octanol–water partition coefficient (Wildman–Crippen LogP) is 2.82. The highest BCUT2D eigenvalue weighted by Crippen LogP contribution is 2.44. The lowest BCUT2D eigenvalue weighted by Gasteiger charge is -2.34. The summed E-state index contributed by atoms with van der Waals surface area (Å²) in [5, 5.41) is 1.04. The molecule has 0 bridgehead atoms. The van der Waals surface area contributed by atoms with Gasteiger partial charge in [0.05, 0.1) is 10.6 Å². The van der Waals surface area contributed by atoms with Gasteiger partial charge in [0.25, 0.3) is 0 Å². The Kier molecular flexibility index (Phi) is 2.46. The van der Waals surface area contributed by atoms with Crippen LogP contribution >= 0.6 is 11.3 Å². The topological polar surface area (TPSA) is 33.2 Å². The van der Waals surface area contributed by atoms with E-state index in [2.05, 4.69) is 16.9 Å². The number of rotatable bonds is 4. The monoisotopic (exact) mass is 236 g/mol. The minimum absolute atomic E-state index is 0.569. The van der Waals surface area contributed by atoms with Crippen molar-refractivity contribution < 1.29 is 4.79 Å². The summed E-state index contributed by atoms with van der Waals surface area (Å²) in [6, 6.07) is 0.651. The van der Waals surface area contributed by atoms with E-state index in [9.17, 15) is 4.79 Å². The first-order valence-corrected chi connectivity index (χ1v) is 6.80. The van der Waals surface area contributed by atoms with E-state index in [0.717, 1.165) is 22.0 Å². The first-order chi connectivity index (χ1) is 7.79. The van der Waals surface area contributed by atoms with E-state index in [0.29, 0.717) is 12.0 Å². The van der Waals surface area contributed by atoms with Gasteiger partial charge in [0.1, 0.15) is 0 Å². The number of hydrogen-bond donors (Lipinski definition) is 0. The summed E-state index contributed by atoms with van der Waals surface area (Å²) in [4.78, 5) is 18.8. The molecule has 1 heterocycles. The van der Waals surface area contributed by atoms with Crippen molar-refractivity contribution in [3.8, 4) is 0 Å². The molecular weight excluding hydrogens is 220 g/mol. The van der Waals surface area contributed by atoms with Crippen molar-refractivity contribution in [2.75, 3.05) is 11.9 Å². The molecule has 0 radical (unpaired) electrons. The molecule has 2 aliphatic rings.